The number of imidazole rings is 1. The summed E-state index contributed by atoms with van der Waals surface area (Å²) in [4.78, 5) is 7.43. The first kappa shape index (κ1) is 10.7. The van der Waals surface area contributed by atoms with E-state index in [0.29, 0.717) is 0 Å². The van der Waals surface area contributed by atoms with Gasteiger partial charge in [-0.15, -0.1) is 0 Å². The first-order chi connectivity index (χ1) is 7.25. The Hall–Kier alpha value is -0.830. The number of aryl methyl sites for hydroxylation is 1. The zero-order valence-corrected chi connectivity index (χ0v) is 9.71. The second-order valence-corrected chi connectivity index (χ2v) is 4.79. The van der Waals surface area contributed by atoms with Gasteiger partial charge in [0.25, 0.3) is 0 Å². The van der Waals surface area contributed by atoms with Crippen LogP contribution in [-0.4, -0.2) is 16.5 Å². The third kappa shape index (κ3) is 2.81. The molecule has 0 bridgehead atoms. The lowest BCUT2D eigenvalue weighted by Gasteiger charge is -2.15. The Morgan fingerprint density at radius 3 is 3.00 bits per heavy atom. The van der Waals surface area contributed by atoms with Crippen LogP contribution in [0.5, 0.6) is 0 Å². The SMILES string of the molecule is Cc1ncc(CNCC2CCCC2C)[nH]1. The molecule has 2 N–H and O–H groups in total. The highest BCUT2D eigenvalue weighted by molar-refractivity contribution is 4.99. The largest absolute Gasteiger partial charge is 0.345 e. The van der Waals surface area contributed by atoms with Crippen LogP contribution in [-0.2, 0) is 6.54 Å². The van der Waals surface area contributed by atoms with Crippen LogP contribution < -0.4 is 5.32 Å². The van der Waals surface area contributed by atoms with Crippen molar-refractivity contribution in [2.24, 2.45) is 11.8 Å². The minimum Gasteiger partial charge on any atom is -0.345 e. The number of aromatic nitrogens is 2. The summed E-state index contributed by atoms with van der Waals surface area (Å²) in [5, 5.41) is 3.52. The van der Waals surface area contributed by atoms with Gasteiger partial charge in [0.05, 0.1) is 0 Å². The molecule has 3 heteroatoms. The van der Waals surface area contributed by atoms with Gasteiger partial charge in [-0.25, -0.2) is 4.98 Å². The van der Waals surface area contributed by atoms with Gasteiger partial charge in [0.2, 0.25) is 0 Å². The molecule has 2 unspecified atom stereocenters. The fraction of sp³-hybridized carbons (Fsp3) is 0.750. The maximum atomic E-state index is 4.19. The summed E-state index contributed by atoms with van der Waals surface area (Å²) in [6.45, 7) is 6.44. The van der Waals surface area contributed by atoms with Crippen molar-refractivity contribution in [3.05, 3.63) is 17.7 Å². The van der Waals surface area contributed by atoms with Crippen LogP contribution in [0.25, 0.3) is 0 Å². The minimum absolute atomic E-state index is 0.883. The van der Waals surface area contributed by atoms with Crippen LogP contribution in [0.15, 0.2) is 6.20 Å². The van der Waals surface area contributed by atoms with Crippen molar-refractivity contribution in [2.75, 3.05) is 6.54 Å². The van der Waals surface area contributed by atoms with Gasteiger partial charge in [0.1, 0.15) is 5.82 Å². The fourth-order valence-corrected chi connectivity index (χ4v) is 2.48. The second kappa shape index (κ2) is 4.79. The molecule has 1 saturated carbocycles. The lowest BCUT2D eigenvalue weighted by atomic mass is 9.98. The molecule has 2 rings (SSSR count). The van der Waals surface area contributed by atoms with Gasteiger partial charge < -0.3 is 10.3 Å². The molecule has 15 heavy (non-hydrogen) atoms. The molecular formula is C12H21N3. The predicted octanol–water partition coefficient (Wildman–Crippen LogP) is 2.24. The standard InChI is InChI=1S/C12H21N3/c1-9-4-3-5-11(9)6-13-7-12-8-14-10(2)15-12/h8-9,11,13H,3-7H2,1-2H3,(H,14,15). The highest BCUT2D eigenvalue weighted by atomic mass is 15.0. The average Bonchev–Trinajstić information content (AvgIpc) is 2.77. The van der Waals surface area contributed by atoms with E-state index in [1.54, 1.807) is 0 Å². The zero-order chi connectivity index (χ0) is 10.7. The Morgan fingerprint density at radius 2 is 2.40 bits per heavy atom. The number of hydrogen-bond donors (Lipinski definition) is 2. The summed E-state index contributed by atoms with van der Waals surface area (Å²) in [6.07, 6.45) is 6.14. The van der Waals surface area contributed by atoms with E-state index in [1.165, 1.54) is 25.0 Å². The lowest BCUT2D eigenvalue weighted by molar-refractivity contribution is 0.391. The molecule has 0 amide bonds. The van der Waals surface area contributed by atoms with Gasteiger partial charge in [-0.1, -0.05) is 19.8 Å². The predicted molar refractivity (Wildman–Crippen MR) is 61.5 cm³/mol. The van der Waals surface area contributed by atoms with Crippen molar-refractivity contribution in [1.29, 1.82) is 0 Å². The van der Waals surface area contributed by atoms with E-state index in [9.17, 15) is 0 Å². The Balaban J connectivity index is 1.70. The molecule has 3 nitrogen and oxygen atoms in total. The number of H-pyrrole nitrogens is 1. The third-order valence-electron chi connectivity index (χ3n) is 3.52. The van der Waals surface area contributed by atoms with E-state index in [1.807, 2.05) is 13.1 Å². The van der Waals surface area contributed by atoms with Crippen LogP contribution in [0.3, 0.4) is 0 Å². The highest BCUT2D eigenvalue weighted by Gasteiger charge is 2.22. The van der Waals surface area contributed by atoms with E-state index in [-0.39, 0.29) is 0 Å². The van der Waals surface area contributed by atoms with Gasteiger partial charge in [0, 0.05) is 18.4 Å². The monoisotopic (exact) mass is 207 g/mol. The van der Waals surface area contributed by atoms with Crippen molar-refractivity contribution in [1.82, 2.24) is 15.3 Å². The molecule has 0 aromatic carbocycles. The van der Waals surface area contributed by atoms with Crippen molar-refractivity contribution >= 4 is 0 Å². The molecule has 1 aliphatic rings. The number of hydrogen-bond acceptors (Lipinski definition) is 2. The molecule has 0 saturated heterocycles. The van der Waals surface area contributed by atoms with Crippen LogP contribution in [0, 0.1) is 18.8 Å². The molecule has 0 radical (unpaired) electrons. The molecule has 1 aromatic rings. The summed E-state index contributed by atoms with van der Waals surface area (Å²) in [5.74, 6) is 2.79. The number of nitrogens with zero attached hydrogens (tertiary/aromatic N) is 1. The molecule has 1 heterocycles. The quantitative estimate of drug-likeness (QED) is 0.795. The number of rotatable bonds is 4. The molecule has 1 fully saturated rings. The molecule has 1 aliphatic carbocycles. The van der Waals surface area contributed by atoms with Crippen molar-refractivity contribution < 1.29 is 0 Å². The molecular weight excluding hydrogens is 186 g/mol. The maximum Gasteiger partial charge on any atom is 0.103 e. The van der Waals surface area contributed by atoms with E-state index in [0.717, 1.165) is 30.7 Å². The summed E-state index contributed by atoms with van der Waals surface area (Å²) < 4.78 is 0. The van der Waals surface area contributed by atoms with Crippen LogP contribution >= 0.6 is 0 Å². The van der Waals surface area contributed by atoms with Gasteiger partial charge in [-0.3, -0.25) is 0 Å². The van der Waals surface area contributed by atoms with Crippen LogP contribution in [0.4, 0.5) is 0 Å². The Bertz CT molecular complexity index is 306. The van der Waals surface area contributed by atoms with Gasteiger partial charge >= 0.3 is 0 Å². The zero-order valence-electron chi connectivity index (χ0n) is 9.71. The minimum atomic E-state index is 0.883. The van der Waals surface area contributed by atoms with Gasteiger partial charge in [0.15, 0.2) is 0 Å². The second-order valence-electron chi connectivity index (χ2n) is 4.79. The fourth-order valence-electron chi connectivity index (χ4n) is 2.48. The summed E-state index contributed by atoms with van der Waals surface area (Å²) in [5.41, 5.74) is 1.19. The average molecular weight is 207 g/mol. The normalized spacial score (nSPS) is 26.0. The molecule has 0 aliphatic heterocycles. The maximum absolute atomic E-state index is 4.19. The van der Waals surface area contributed by atoms with E-state index < -0.39 is 0 Å². The van der Waals surface area contributed by atoms with E-state index in [4.69, 9.17) is 0 Å². The lowest BCUT2D eigenvalue weighted by Crippen LogP contribution is -2.24. The van der Waals surface area contributed by atoms with Gasteiger partial charge in [-0.05, 0) is 31.7 Å². The van der Waals surface area contributed by atoms with E-state index in [2.05, 4.69) is 22.2 Å². The first-order valence-electron chi connectivity index (χ1n) is 5.97. The van der Waals surface area contributed by atoms with Gasteiger partial charge in [-0.2, -0.15) is 0 Å². The van der Waals surface area contributed by atoms with Crippen LogP contribution in [0.2, 0.25) is 0 Å². The number of nitrogens with one attached hydrogen (secondary N) is 2. The van der Waals surface area contributed by atoms with Crippen molar-refractivity contribution in [3.8, 4) is 0 Å². The summed E-state index contributed by atoms with van der Waals surface area (Å²) in [7, 11) is 0. The summed E-state index contributed by atoms with van der Waals surface area (Å²) in [6, 6.07) is 0. The third-order valence-corrected chi connectivity index (χ3v) is 3.52. The van der Waals surface area contributed by atoms with Crippen LogP contribution in [0.1, 0.15) is 37.7 Å². The first-order valence-corrected chi connectivity index (χ1v) is 5.97. The van der Waals surface area contributed by atoms with Crippen molar-refractivity contribution in [2.45, 2.75) is 39.7 Å². The molecule has 1 aromatic heterocycles. The Labute approximate surface area is 91.7 Å². The molecule has 84 valence electrons. The Morgan fingerprint density at radius 1 is 1.53 bits per heavy atom. The topological polar surface area (TPSA) is 40.7 Å². The van der Waals surface area contributed by atoms with E-state index >= 15 is 0 Å². The smallest absolute Gasteiger partial charge is 0.103 e. The highest BCUT2D eigenvalue weighted by Crippen LogP contribution is 2.30. The molecule has 2 atom stereocenters. The molecule has 0 spiro atoms. The summed E-state index contributed by atoms with van der Waals surface area (Å²) >= 11 is 0. The Kier molecular flexibility index (Phi) is 3.41. The number of aromatic amines is 1. The van der Waals surface area contributed by atoms with Crippen molar-refractivity contribution in [3.63, 3.8) is 0 Å².